The van der Waals surface area contributed by atoms with Crippen LogP contribution in [0.4, 0.5) is 4.79 Å². The maximum absolute atomic E-state index is 12.7. The zero-order valence-corrected chi connectivity index (χ0v) is 17.5. The molecule has 1 aliphatic carbocycles. The summed E-state index contributed by atoms with van der Waals surface area (Å²) in [6, 6.07) is 10.8. The Labute approximate surface area is 172 Å². The highest BCUT2D eigenvalue weighted by Crippen LogP contribution is 2.35. The van der Waals surface area contributed by atoms with Gasteiger partial charge in [-0.3, -0.25) is 4.99 Å². The number of nitrogens with zero attached hydrogens (tertiary/aromatic N) is 3. The number of nitrogens with one attached hydrogen (secondary N) is 1. The van der Waals surface area contributed by atoms with Crippen molar-refractivity contribution in [3.63, 3.8) is 0 Å². The molecule has 5 nitrogen and oxygen atoms in total. The van der Waals surface area contributed by atoms with Crippen molar-refractivity contribution in [2.75, 3.05) is 18.8 Å². The van der Waals surface area contributed by atoms with Gasteiger partial charge in [-0.05, 0) is 18.6 Å². The third kappa shape index (κ3) is 4.27. The number of hydrogen-bond acceptors (Lipinski definition) is 4. The Bertz CT molecular complexity index is 747. The van der Waals surface area contributed by atoms with Gasteiger partial charge in [-0.2, -0.15) is 0 Å². The molecule has 1 N–H and O–H groups in total. The van der Waals surface area contributed by atoms with Gasteiger partial charge >= 0.3 is 6.03 Å². The molecule has 1 spiro atoms. The molecular weight excluding hydrogens is 368 g/mol. The van der Waals surface area contributed by atoms with Gasteiger partial charge in [0.05, 0.1) is 5.71 Å². The number of piperidine rings is 1. The third-order valence-corrected chi connectivity index (χ3v) is 6.79. The molecule has 2 amide bonds. The molecule has 1 saturated carbocycles. The monoisotopic (exact) mass is 398 g/mol. The highest BCUT2D eigenvalue weighted by atomic mass is 32.2. The van der Waals surface area contributed by atoms with Crippen molar-refractivity contribution >= 4 is 28.5 Å². The second kappa shape index (κ2) is 8.68. The van der Waals surface area contributed by atoms with Crippen molar-refractivity contribution in [1.82, 2.24) is 10.2 Å². The average Bonchev–Trinajstić information content (AvgIpc) is 3.08. The van der Waals surface area contributed by atoms with Gasteiger partial charge in [-0.15, -0.1) is 11.8 Å². The largest absolute Gasteiger partial charge is 0.335 e. The van der Waals surface area contributed by atoms with Gasteiger partial charge < -0.3 is 10.2 Å². The van der Waals surface area contributed by atoms with Crippen molar-refractivity contribution in [2.45, 2.75) is 63.6 Å². The van der Waals surface area contributed by atoms with E-state index in [1.807, 2.05) is 11.0 Å². The quantitative estimate of drug-likeness (QED) is 0.816. The second-order valence-electron chi connectivity index (χ2n) is 7.93. The van der Waals surface area contributed by atoms with Crippen molar-refractivity contribution < 1.29 is 4.79 Å². The van der Waals surface area contributed by atoms with E-state index in [4.69, 9.17) is 9.98 Å². The van der Waals surface area contributed by atoms with Crippen LogP contribution in [0.1, 0.15) is 57.4 Å². The minimum atomic E-state index is -0.385. The zero-order valence-electron chi connectivity index (χ0n) is 16.7. The lowest BCUT2D eigenvalue weighted by Gasteiger charge is -2.36. The van der Waals surface area contributed by atoms with Crippen LogP contribution in [-0.2, 0) is 0 Å². The van der Waals surface area contributed by atoms with E-state index in [0.29, 0.717) is 6.04 Å². The second-order valence-corrected chi connectivity index (χ2v) is 9.18. The fourth-order valence-corrected chi connectivity index (χ4v) is 5.16. The summed E-state index contributed by atoms with van der Waals surface area (Å²) in [4.78, 5) is 24.8. The Morgan fingerprint density at radius 2 is 1.86 bits per heavy atom. The Morgan fingerprint density at radius 1 is 1.14 bits per heavy atom. The molecule has 2 heterocycles. The van der Waals surface area contributed by atoms with Crippen LogP contribution < -0.4 is 5.32 Å². The van der Waals surface area contributed by atoms with E-state index in [1.165, 1.54) is 19.3 Å². The van der Waals surface area contributed by atoms with Crippen LogP contribution in [0.2, 0.25) is 0 Å². The molecule has 0 unspecified atom stereocenters. The molecule has 3 aliphatic rings. The first-order valence-corrected chi connectivity index (χ1v) is 11.6. The summed E-state index contributed by atoms with van der Waals surface area (Å²) >= 11 is 1.77. The molecule has 4 rings (SSSR count). The number of benzene rings is 1. The number of amides is 2. The van der Waals surface area contributed by atoms with Gasteiger partial charge in [0.1, 0.15) is 5.04 Å². The molecule has 150 valence electrons. The predicted molar refractivity (Wildman–Crippen MR) is 117 cm³/mol. The van der Waals surface area contributed by atoms with Crippen molar-refractivity contribution in [2.24, 2.45) is 9.98 Å². The number of hydrogen-bond donors (Lipinski definition) is 1. The van der Waals surface area contributed by atoms with Gasteiger partial charge in [0.25, 0.3) is 0 Å². The zero-order chi connectivity index (χ0) is 19.4. The van der Waals surface area contributed by atoms with E-state index < -0.39 is 0 Å². The summed E-state index contributed by atoms with van der Waals surface area (Å²) in [6.07, 6.45) is 7.61. The third-order valence-electron chi connectivity index (χ3n) is 5.94. The van der Waals surface area contributed by atoms with E-state index in [2.05, 4.69) is 36.5 Å². The first kappa shape index (κ1) is 19.5. The molecule has 0 bridgehead atoms. The summed E-state index contributed by atoms with van der Waals surface area (Å²) in [5, 5.41) is 4.29. The maximum Gasteiger partial charge on any atom is 0.317 e. The lowest BCUT2D eigenvalue weighted by atomic mass is 9.95. The van der Waals surface area contributed by atoms with Gasteiger partial charge in [-0.1, -0.05) is 56.5 Å². The molecule has 1 aromatic carbocycles. The van der Waals surface area contributed by atoms with Gasteiger partial charge in [0, 0.05) is 37.5 Å². The Kier molecular flexibility index (Phi) is 6.04. The lowest BCUT2D eigenvalue weighted by Crippen LogP contribution is -2.51. The Morgan fingerprint density at radius 3 is 2.54 bits per heavy atom. The van der Waals surface area contributed by atoms with Crippen LogP contribution in [0, 0.1) is 0 Å². The molecule has 6 heteroatoms. The van der Waals surface area contributed by atoms with Gasteiger partial charge in [-0.25, -0.2) is 9.79 Å². The van der Waals surface area contributed by atoms with Crippen molar-refractivity contribution in [1.29, 1.82) is 0 Å². The number of urea groups is 1. The van der Waals surface area contributed by atoms with E-state index >= 15 is 0 Å². The SMILES string of the molecule is CCSC1=NC2(CCN(C(=O)NC3CCCCC3)CC2)N=C1c1ccccc1. The molecule has 0 aromatic heterocycles. The first-order valence-electron chi connectivity index (χ1n) is 10.6. The molecule has 0 radical (unpaired) electrons. The average molecular weight is 399 g/mol. The molecule has 2 fully saturated rings. The molecule has 1 aromatic rings. The molecular formula is C22H30N4OS. The highest BCUT2D eigenvalue weighted by molar-refractivity contribution is 8.15. The fourth-order valence-electron chi connectivity index (χ4n) is 4.35. The number of rotatable bonds is 3. The van der Waals surface area contributed by atoms with Gasteiger partial charge in [0.15, 0.2) is 5.66 Å². The van der Waals surface area contributed by atoms with Crippen molar-refractivity contribution in [3.05, 3.63) is 35.9 Å². The van der Waals surface area contributed by atoms with Crippen LogP contribution in [0.15, 0.2) is 40.3 Å². The van der Waals surface area contributed by atoms with E-state index in [9.17, 15) is 4.79 Å². The molecule has 0 atom stereocenters. The topological polar surface area (TPSA) is 57.1 Å². The number of carbonyl (C=O) groups excluding carboxylic acids is 1. The maximum atomic E-state index is 12.7. The van der Waals surface area contributed by atoms with Crippen LogP contribution in [0.25, 0.3) is 0 Å². The summed E-state index contributed by atoms with van der Waals surface area (Å²) in [6.45, 7) is 3.59. The Hall–Kier alpha value is -1.82. The first-order chi connectivity index (χ1) is 13.7. The van der Waals surface area contributed by atoms with Gasteiger partial charge in [0.2, 0.25) is 0 Å². The number of thioether (sulfide) groups is 1. The molecule has 28 heavy (non-hydrogen) atoms. The smallest absolute Gasteiger partial charge is 0.317 e. The minimum absolute atomic E-state index is 0.0964. The van der Waals surface area contributed by atoms with E-state index in [0.717, 1.165) is 60.8 Å². The summed E-state index contributed by atoms with van der Waals surface area (Å²) in [7, 11) is 0. The Balaban J connectivity index is 1.42. The highest BCUT2D eigenvalue weighted by Gasteiger charge is 2.40. The fraction of sp³-hybridized carbons (Fsp3) is 0.591. The molecule has 1 saturated heterocycles. The lowest BCUT2D eigenvalue weighted by molar-refractivity contribution is 0.158. The van der Waals surface area contributed by atoms with Crippen LogP contribution in [0.3, 0.4) is 0 Å². The summed E-state index contributed by atoms with van der Waals surface area (Å²) in [5.74, 6) is 0.983. The summed E-state index contributed by atoms with van der Waals surface area (Å²) < 4.78 is 0. The number of carbonyl (C=O) groups is 1. The van der Waals surface area contributed by atoms with Crippen molar-refractivity contribution in [3.8, 4) is 0 Å². The number of likely N-dealkylation sites (tertiary alicyclic amines) is 1. The van der Waals surface area contributed by atoms with Crippen LogP contribution in [0.5, 0.6) is 0 Å². The van der Waals surface area contributed by atoms with Crippen LogP contribution >= 0.6 is 11.8 Å². The predicted octanol–water partition coefficient (Wildman–Crippen LogP) is 4.48. The minimum Gasteiger partial charge on any atom is -0.335 e. The number of aliphatic imine (C=N–C) groups is 2. The van der Waals surface area contributed by atoms with E-state index in [-0.39, 0.29) is 11.7 Å². The molecule has 2 aliphatic heterocycles. The normalized spacial score (nSPS) is 22.1. The van der Waals surface area contributed by atoms with E-state index in [1.54, 1.807) is 11.8 Å². The summed E-state index contributed by atoms with van der Waals surface area (Å²) in [5.41, 5.74) is 1.77. The standard InChI is InChI=1S/C22H30N4OS/c1-2-28-20-19(17-9-5-3-6-10-17)24-22(25-20)13-15-26(16-14-22)21(27)23-18-11-7-4-8-12-18/h3,5-6,9-10,18H,2,4,7-8,11-16H2,1H3,(H,23,27). The van der Waals surface area contributed by atoms with Crippen LogP contribution in [-0.4, -0.2) is 52.2 Å².